The lowest BCUT2D eigenvalue weighted by Crippen LogP contribution is -2.47. The number of likely N-dealkylation sites (tertiary alicyclic amines) is 1. The SMILES string of the molecule is C=CC(N1CCCCC1)N1C=CC=Cc2ccccc21. The fraction of sp³-hybridized carbons (Fsp3) is 0.333. The second-order valence-corrected chi connectivity index (χ2v) is 5.41. The van der Waals surface area contributed by atoms with Crippen LogP contribution in [0.15, 0.2) is 55.3 Å². The van der Waals surface area contributed by atoms with Gasteiger partial charge < -0.3 is 4.90 Å². The molecule has 20 heavy (non-hydrogen) atoms. The van der Waals surface area contributed by atoms with Crippen LogP contribution >= 0.6 is 0 Å². The van der Waals surface area contributed by atoms with Gasteiger partial charge in [-0.25, -0.2) is 0 Å². The third kappa shape index (κ3) is 2.56. The standard InChI is InChI=1S/C18H22N2/c1-2-18(19-13-7-3-8-14-19)20-15-9-6-11-16-10-4-5-12-17(16)20/h2,4-6,9-12,15,18H,1,3,7-8,13-14H2. The topological polar surface area (TPSA) is 6.48 Å². The van der Waals surface area contributed by atoms with E-state index in [0.29, 0.717) is 0 Å². The third-order valence-corrected chi connectivity index (χ3v) is 4.11. The lowest BCUT2D eigenvalue weighted by Gasteiger charge is -2.39. The zero-order valence-corrected chi connectivity index (χ0v) is 11.9. The molecule has 1 aromatic carbocycles. The van der Waals surface area contributed by atoms with Gasteiger partial charge in [0.05, 0.1) is 0 Å². The van der Waals surface area contributed by atoms with E-state index < -0.39 is 0 Å². The Labute approximate surface area is 121 Å². The minimum atomic E-state index is 0.243. The van der Waals surface area contributed by atoms with Gasteiger partial charge in [0.25, 0.3) is 0 Å². The number of hydrogen-bond acceptors (Lipinski definition) is 2. The third-order valence-electron chi connectivity index (χ3n) is 4.11. The molecule has 1 aromatic rings. The molecule has 0 spiro atoms. The molecule has 2 aliphatic heterocycles. The lowest BCUT2D eigenvalue weighted by atomic mass is 10.1. The van der Waals surface area contributed by atoms with Crippen LogP contribution in [0.2, 0.25) is 0 Å². The van der Waals surface area contributed by atoms with Crippen molar-refractivity contribution in [2.24, 2.45) is 0 Å². The molecule has 1 unspecified atom stereocenters. The van der Waals surface area contributed by atoms with Gasteiger partial charge in [0, 0.05) is 25.0 Å². The zero-order valence-electron chi connectivity index (χ0n) is 11.9. The second kappa shape index (κ2) is 6.10. The number of piperidine rings is 1. The molecule has 2 nitrogen and oxygen atoms in total. The van der Waals surface area contributed by atoms with Crippen molar-refractivity contribution >= 4 is 11.8 Å². The summed E-state index contributed by atoms with van der Waals surface area (Å²) < 4.78 is 0. The molecular formula is C18H22N2. The number of allylic oxidation sites excluding steroid dienone is 2. The lowest BCUT2D eigenvalue weighted by molar-refractivity contribution is 0.192. The van der Waals surface area contributed by atoms with E-state index in [2.05, 4.69) is 71.1 Å². The van der Waals surface area contributed by atoms with Crippen LogP contribution in [0, 0.1) is 0 Å². The number of nitrogens with zero attached hydrogens (tertiary/aromatic N) is 2. The highest BCUT2D eigenvalue weighted by Gasteiger charge is 2.24. The van der Waals surface area contributed by atoms with Crippen LogP contribution in [-0.4, -0.2) is 24.2 Å². The first-order chi connectivity index (χ1) is 9.90. The summed E-state index contributed by atoms with van der Waals surface area (Å²) in [5, 5.41) is 0. The predicted molar refractivity (Wildman–Crippen MR) is 86.5 cm³/mol. The van der Waals surface area contributed by atoms with Gasteiger partial charge >= 0.3 is 0 Å². The van der Waals surface area contributed by atoms with E-state index >= 15 is 0 Å². The van der Waals surface area contributed by atoms with E-state index in [1.807, 2.05) is 0 Å². The van der Waals surface area contributed by atoms with Gasteiger partial charge in [-0.1, -0.05) is 49.4 Å². The molecule has 2 heteroatoms. The second-order valence-electron chi connectivity index (χ2n) is 5.41. The molecule has 0 aliphatic carbocycles. The Bertz CT molecular complexity index is 524. The molecular weight excluding hydrogens is 244 g/mol. The zero-order chi connectivity index (χ0) is 13.8. The number of benzene rings is 1. The summed E-state index contributed by atoms with van der Waals surface area (Å²) >= 11 is 0. The van der Waals surface area contributed by atoms with Crippen LogP contribution in [0.4, 0.5) is 5.69 Å². The molecule has 1 fully saturated rings. The van der Waals surface area contributed by atoms with Crippen molar-refractivity contribution < 1.29 is 0 Å². The van der Waals surface area contributed by atoms with Crippen molar-refractivity contribution in [2.75, 3.05) is 18.0 Å². The molecule has 1 atom stereocenters. The largest absolute Gasteiger partial charge is 0.328 e. The Morgan fingerprint density at radius 2 is 1.85 bits per heavy atom. The van der Waals surface area contributed by atoms with Crippen molar-refractivity contribution in [2.45, 2.75) is 25.4 Å². The van der Waals surface area contributed by atoms with Gasteiger partial charge in [-0.3, -0.25) is 4.90 Å². The molecule has 0 amide bonds. The van der Waals surface area contributed by atoms with Gasteiger partial charge in [0.2, 0.25) is 0 Å². The maximum atomic E-state index is 4.08. The summed E-state index contributed by atoms with van der Waals surface area (Å²) in [6, 6.07) is 8.56. The Kier molecular flexibility index (Phi) is 4.03. The minimum Gasteiger partial charge on any atom is -0.328 e. The summed E-state index contributed by atoms with van der Waals surface area (Å²) in [5.74, 6) is 0. The summed E-state index contributed by atoms with van der Waals surface area (Å²) in [7, 11) is 0. The molecule has 2 heterocycles. The molecule has 3 rings (SSSR count). The van der Waals surface area contributed by atoms with Crippen LogP contribution < -0.4 is 4.90 Å². The van der Waals surface area contributed by atoms with Crippen LogP contribution in [0.3, 0.4) is 0 Å². The summed E-state index contributed by atoms with van der Waals surface area (Å²) in [6.45, 7) is 6.40. The van der Waals surface area contributed by atoms with Crippen molar-refractivity contribution in [3.8, 4) is 0 Å². The Balaban J connectivity index is 1.93. The van der Waals surface area contributed by atoms with Gasteiger partial charge in [0.1, 0.15) is 6.17 Å². The van der Waals surface area contributed by atoms with Crippen LogP contribution in [0.1, 0.15) is 24.8 Å². The predicted octanol–water partition coefficient (Wildman–Crippen LogP) is 4.03. The highest BCUT2D eigenvalue weighted by Crippen LogP contribution is 2.28. The fourth-order valence-electron chi connectivity index (χ4n) is 3.10. The van der Waals surface area contributed by atoms with Crippen molar-refractivity contribution in [1.82, 2.24) is 4.90 Å². The highest BCUT2D eigenvalue weighted by atomic mass is 15.3. The van der Waals surface area contributed by atoms with E-state index in [4.69, 9.17) is 0 Å². The fourth-order valence-corrected chi connectivity index (χ4v) is 3.10. The summed E-state index contributed by atoms with van der Waals surface area (Å²) in [5.41, 5.74) is 2.52. The normalized spacial score (nSPS) is 20.3. The first kappa shape index (κ1) is 13.2. The van der Waals surface area contributed by atoms with E-state index in [1.54, 1.807) is 0 Å². The van der Waals surface area contributed by atoms with E-state index in [1.165, 1.54) is 30.5 Å². The minimum absolute atomic E-state index is 0.243. The summed E-state index contributed by atoms with van der Waals surface area (Å²) in [4.78, 5) is 4.87. The monoisotopic (exact) mass is 266 g/mol. The van der Waals surface area contributed by atoms with E-state index in [9.17, 15) is 0 Å². The molecule has 0 saturated carbocycles. The van der Waals surface area contributed by atoms with Gasteiger partial charge in [-0.15, -0.1) is 0 Å². The smallest absolute Gasteiger partial charge is 0.105 e. The molecule has 0 bridgehead atoms. The average Bonchev–Trinajstić information content (AvgIpc) is 2.72. The summed E-state index contributed by atoms with van der Waals surface area (Å²) in [6.07, 6.45) is 14.8. The number of rotatable bonds is 3. The quantitative estimate of drug-likeness (QED) is 0.762. The number of anilines is 1. The van der Waals surface area contributed by atoms with E-state index in [0.717, 1.165) is 13.1 Å². The molecule has 0 N–H and O–H groups in total. The molecule has 104 valence electrons. The van der Waals surface area contributed by atoms with Crippen molar-refractivity contribution in [1.29, 1.82) is 0 Å². The number of hydrogen-bond donors (Lipinski definition) is 0. The van der Waals surface area contributed by atoms with Crippen LogP contribution in [-0.2, 0) is 0 Å². The Morgan fingerprint density at radius 3 is 2.65 bits per heavy atom. The van der Waals surface area contributed by atoms with Gasteiger partial charge in [-0.05, 0) is 30.5 Å². The number of para-hydroxylation sites is 1. The average molecular weight is 266 g/mol. The first-order valence-corrected chi connectivity index (χ1v) is 7.49. The first-order valence-electron chi connectivity index (χ1n) is 7.49. The number of fused-ring (bicyclic) bond motifs is 1. The van der Waals surface area contributed by atoms with Crippen molar-refractivity contribution in [3.63, 3.8) is 0 Å². The van der Waals surface area contributed by atoms with Crippen LogP contribution in [0.5, 0.6) is 0 Å². The van der Waals surface area contributed by atoms with E-state index in [-0.39, 0.29) is 6.17 Å². The van der Waals surface area contributed by atoms with Crippen molar-refractivity contribution in [3.05, 3.63) is 60.8 Å². The highest BCUT2D eigenvalue weighted by molar-refractivity contribution is 5.71. The molecule has 0 aromatic heterocycles. The van der Waals surface area contributed by atoms with Crippen LogP contribution in [0.25, 0.3) is 6.08 Å². The molecule has 1 saturated heterocycles. The van der Waals surface area contributed by atoms with Gasteiger partial charge in [0.15, 0.2) is 0 Å². The molecule has 2 aliphatic rings. The Morgan fingerprint density at radius 1 is 1.05 bits per heavy atom. The Hall–Kier alpha value is -1.80. The maximum Gasteiger partial charge on any atom is 0.105 e. The molecule has 0 radical (unpaired) electrons. The maximum absolute atomic E-state index is 4.08. The van der Waals surface area contributed by atoms with Gasteiger partial charge in [-0.2, -0.15) is 0 Å².